The van der Waals surface area contributed by atoms with E-state index in [1.165, 1.54) is 7.11 Å². The summed E-state index contributed by atoms with van der Waals surface area (Å²) in [5, 5.41) is 13.0. The fourth-order valence-electron chi connectivity index (χ4n) is 2.70. The second kappa shape index (κ2) is 5.13. The van der Waals surface area contributed by atoms with Crippen LogP contribution in [-0.2, 0) is 4.74 Å². The lowest BCUT2D eigenvalue weighted by Gasteiger charge is -2.21. The summed E-state index contributed by atoms with van der Waals surface area (Å²) in [5.74, 6) is 0.728. The molecule has 0 spiro atoms. The maximum Gasteiger partial charge on any atom is 0.358 e. The van der Waals surface area contributed by atoms with Crippen LogP contribution >= 0.6 is 0 Å². The van der Waals surface area contributed by atoms with Gasteiger partial charge in [-0.05, 0) is 25.5 Å². The number of imidazole rings is 1. The average molecular weight is 275 g/mol. The van der Waals surface area contributed by atoms with E-state index < -0.39 is 5.97 Å². The second-order valence-electron chi connectivity index (χ2n) is 4.99. The van der Waals surface area contributed by atoms with Crippen LogP contribution in [0.15, 0.2) is 18.3 Å². The highest BCUT2D eigenvalue weighted by Crippen LogP contribution is 2.27. The Morgan fingerprint density at radius 3 is 3.15 bits per heavy atom. The number of nitrogens with one attached hydrogen (secondary N) is 1. The van der Waals surface area contributed by atoms with Gasteiger partial charge >= 0.3 is 5.97 Å². The first-order valence-corrected chi connectivity index (χ1v) is 6.70. The zero-order valence-corrected chi connectivity index (χ0v) is 11.3. The van der Waals surface area contributed by atoms with Crippen LogP contribution in [-0.4, -0.2) is 40.7 Å². The van der Waals surface area contributed by atoms with Gasteiger partial charge < -0.3 is 19.6 Å². The molecular weight excluding hydrogens is 258 g/mol. The summed E-state index contributed by atoms with van der Waals surface area (Å²) in [5.41, 5.74) is 0.835. The maximum absolute atomic E-state index is 11.8. The van der Waals surface area contributed by atoms with Crippen LogP contribution in [0.4, 0.5) is 0 Å². The van der Waals surface area contributed by atoms with Crippen molar-refractivity contribution in [2.45, 2.75) is 18.8 Å². The number of hydrogen-bond donors (Lipinski definition) is 2. The van der Waals surface area contributed by atoms with E-state index in [-0.39, 0.29) is 17.4 Å². The van der Waals surface area contributed by atoms with Crippen molar-refractivity contribution >= 4 is 11.5 Å². The summed E-state index contributed by atoms with van der Waals surface area (Å²) in [4.78, 5) is 16.3. The first-order valence-electron chi connectivity index (χ1n) is 6.70. The number of piperidine rings is 1. The fourth-order valence-corrected chi connectivity index (χ4v) is 2.70. The van der Waals surface area contributed by atoms with Gasteiger partial charge in [-0.15, -0.1) is 0 Å². The largest absolute Gasteiger partial charge is 0.508 e. The van der Waals surface area contributed by atoms with Gasteiger partial charge in [0.1, 0.15) is 11.6 Å². The van der Waals surface area contributed by atoms with Gasteiger partial charge in [0.15, 0.2) is 5.69 Å². The van der Waals surface area contributed by atoms with Crippen LogP contribution in [0.25, 0.3) is 5.52 Å². The third kappa shape index (κ3) is 2.12. The Kier molecular flexibility index (Phi) is 3.31. The number of rotatable bonds is 2. The van der Waals surface area contributed by atoms with E-state index in [1.807, 2.05) is 4.40 Å². The molecule has 6 nitrogen and oxygen atoms in total. The van der Waals surface area contributed by atoms with Gasteiger partial charge in [0.05, 0.1) is 12.6 Å². The number of aromatic hydroxyl groups is 1. The highest BCUT2D eigenvalue weighted by atomic mass is 16.5. The molecule has 1 atom stereocenters. The second-order valence-corrected chi connectivity index (χ2v) is 4.99. The fraction of sp³-hybridized carbons (Fsp3) is 0.429. The van der Waals surface area contributed by atoms with Crippen LogP contribution in [0.2, 0.25) is 0 Å². The minimum atomic E-state index is -0.483. The van der Waals surface area contributed by atoms with Gasteiger partial charge in [0, 0.05) is 24.7 Å². The summed E-state index contributed by atoms with van der Waals surface area (Å²) in [6, 6.07) is 3.13. The third-order valence-corrected chi connectivity index (χ3v) is 3.70. The lowest BCUT2D eigenvalue weighted by Crippen LogP contribution is -2.29. The standard InChI is InChI=1S/C14H17N3O3/c1-20-14(19)12-11-7-10(18)4-6-17(11)13(16-12)9-3-2-5-15-8-9/h4,6-7,9,15,18H,2-3,5,8H2,1H3. The van der Waals surface area contributed by atoms with E-state index in [2.05, 4.69) is 10.3 Å². The van der Waals surface area contributed by atoms with E-state index in [9.17, 15) is 9.90 Å². The molecule has 0 radical (unpaired) electrons. The number of ether oxygens (including phenoxy) is 1. The first kappa shape index (κ1) is 12.9. The Bertz CT molecular complexity index is 644. The van der Waals surface area contributed by atoms with Crippen molar-refractivity contribution in [1.82, 2.24) is 14.7 Å². The first-order chi connectivity index (χ1) is 9.70. The summed E-state index contributed by atoms with van der Waals surface area (Å²) >= 11 is 0. The molecule has 6 heteroatoms. The van der Waals surface area contributed by atoms with E-state index >= 15 is 0 Å². The van der Waals surface area contributed by atoms with Crippen molar-refractivity contribution in [2.75, 3.05) is 20.2 Å². The van der Waals surface area contributed by atoms with E-state index in [0.29, 0.717) is 5.52 Å². The molecule has 0 aliphatic carbocycles. The summed E-state index contributed by atoms with van der Waals surface area (Å²) in [6.45, 7) is 1.87. The molecule has 0 saturated carbocycles. The van der Waals surface area contributed by atoms with Crippen LogP contribution in [0.5, 0.6) is 5.75 Å². The van der Waals surface area contributed by atoms with E-state index in [4.69, 9.17) is 4.74 Å². The molecule has 1 saturated heterocycles. The molecule has 1 fully saturated rings. The molecule has 2 aromatic heterocycles. The van der Waals surface area contributed by atoms with Crippen molar-refractivity contribution in [3.63, 3.8) is 0 Å². The number of aromatic nitrogens is 2. The normalized spacial score (nSPS) is 19.1. The topological polar surface area (TPSA) is 75.9 Å². The van der Waals surface area contributed by atoms with Gasteiger partial charge in [-0.3, -0.25) is 0 Å². The van der Waals surface area contributed by atoms with Gasteiger partial charge in [-0.1, -0.05) is 0 Å². The Labute approximate surface area is 116 Å². The number of fused-ring (bicyclic) bond motifs is 1. The molecule has 1 unspecified atom stereocenters. The van der Waals surface area contributed by atoms with Crippen LogP contribution in [0, 0.1) is 0 Å². The number of carbonyl (C=O) groups excluding carboxylic acids is 1. The zero-order valence-electron chi connectivity index (χ0n) is 11.3. The number of esters is 1. The number of methoxy groups -OCH3 is 1. The SMILES string of the molecule is COC(=O)c1nc(C2CCCNC2)n2ccc(O)cc12. The van der Waals surface area contributed by atoms with Gasteiger partial charge in [0.25, 0.3) is 0 Å². The van der Waals surface area contributed by atoms with Crippen molar-refractivity contribution in [2.24, 2.45) is 0 Å². The molecule has 1 aliphatic rings. The molecule has 106 valence electrons. The molecule has 2 N–H and O–H groups in total. The van der Waals surface area contributed by atoms with Gasteiger partial charge in [0.2, 0.25) is 0 Å². The highest BCUT2D eigenvalue weighted by Gasteiger charge is 2.25. The lowest BCUT2D eigenvalue weighted by atomic mass is 9.99. The number of carbonyl (C=O) groups is 1. The molecule has 0 amide bonds. The van der Waals surface area contributed by atoms with Crippen LogP contribution in [0.3, 0.4) is 0 Å². The summed E-state index contributed by atoms with van der Waals surface area (Å²) < 4.78 is 6.64. The van der Waals surface area contributed by atoms with Gasteiger partial charge in [-0.2, -0.15) is 0 Å². The minimum Gasteiger partial charge on any atom is -0.508 e. The molecule has 1 aliphatic heterocycles. The summed E-state index contributed by atoms with van der Waals surface area (Å²) in [7, 11) is 1.33. The van der Waals surface area contributed by atoms with Crippen molar-refractivity contribution in [3.8, 4) is 5.75 Å². The number of pyridine rings is 1. The smallest absolute Gasteiger partial charge is 0.358 e. The monoisotopic (exact) mass is 275 g/mol. The van der Waals surface area contributed by atoms with E-state index in [1.54, 1.807) is 18.3 Å². The predicted octanol–water partition coefficient (Wildman–Crippen LogP) is 1.29. The molecule has 0 bridgehead atoms. The molecule has 20 heavy (non-hydrogen) atoms. The average Bonchev–Trinajstić information content (AvgIpc) is 2.86. The Balaban J connectivity index is 2.14. The quantitative estimate of drug-likeness (QED) is 0.808. The van der Waals surface area contributed by atoms with E-state index in [0.717, 1.165) is 31.8 Å². The van der Waals surface area contributed by atoms with Crippen molar-refractivity contribution in [1.29, 1.82) is 0 Å². The molecule has 0 aromatic carbocycles. The maximum atomic E-state index is 11.8. The van der Waals surface area contributed by atoms with Gasteiger partial charge in [-0.25, -0.2) is 9.78 Å². The van der Waals surface area contributed by atoms with Crippen LogP contribution < -0.4 is 5.32 Å². The molecular formula is C14H17N3O3. The van der Waals surface area contributed by atoms with Crippen molar-refractivity contribution in [3.05, 3.63) is 29.8 Å². The highest BCUT2D eigenvalue weighted by molar-refractivity contribution is 5.95. The predicted molar refractivity (Wildman–Crippen MR) is 73.0 cm³/mol. The lowest BCUT2D eigenvalue weighted by molar-refractivity contribution is 0.0596. The zero-order chi connectivity index (χ0) is 14.1. The number of hydrogen-bond acceptors (Lipinski definition) is 5. The Morgan fingerprint density at radius 2 is 2.45 bits per heavy atom. The Hall–Kier alpha value is -2.08. The minimum absolute atomic E-state index is 0.107. The van der Waals surface area contributed by atoms with Crippen molar-refractivity contribution < 1.29 is 14.6 Å². The number of nitrogens with zero attached hydrogens (tertiary/aromatic N) is 2. The molecule has 3 rings (SSSR count). The molecule has 2 aromatic rings. The third-order valence-electron chi connectivity index (χ3n) is 3.70. The molecule has 3 heterocycles. The summed E-state index contributed by atoms with van der Waals surface area (Å²) in [6.07, 6.45) is 3.87. The van der Waals surface area contributed by atoms with Crippen LogP contribution in [0.1, 0.15) is 35.1 Å². The Morgan fingerprint density at radius 1 is 1.60 bits per heavy atom.